The topological polar surface area (TPSA) is 92.8 Å². The molecule has 0 aromatic heterocycles. The van der Waals surface area contributed by atoms with E-state index in [0.717, 1.165) is 0 Å². The molecule has 0 amide bonds. The molecule has 0 unspecified atom stereocenters. The van der Waals surface area contributed by atoms with Crippen molar-refractivity contribution in [3.05, 3.63) is 0 Å². The second-order valence-corrected chi connectivity index (χ2v) is 4.96. The zero-order valence-corrected chi connectivity index (χ0v) is 10.2. The number of hydrogen-bond acceptors (Lipinski definition) is 3. The summed E-state index contributed by atoms with van der Waals surface area (Å²) in [6.45, 7) is 1.89. The van der Waals surface area contributed by atoms with Crippen LogP contribution in [0.5, 0.6) is 0 Å². The number of hydrogen-bond donors (Lipinski definition) is 3. The summed E-state index contributed by atoms with van der Waals surface area (Å²) in [7, 11) is -4.18. The number of rotatable bonds is 3. The second kappa shape index (κ2) is 8.25. The Morgan fingerprint density at radius 2 is 1.87 bits per heavy atom. The van der Waals surface area contributed by atoms with E-state index in [1.807, 2.05) is 0 Å². The van der Waals surface area contributed by atoms with Gasteiger partial charge in [-0.3, -0.25) is 4.52 Å². The maximum Gasteiger partial charge on any atom is 0.469 e. The summed E-state index contributed by atoms with van der Waals surface area (Å²) in [5.41, 5.74) is 5.63. The first-order chi connectivity index (χ1) is 6.95. The van der Waals surface area contributed by atoms with Crippen molar-refractivity contribution in [1.29, 1.82) is 0 Å². The molecule has 4 N–H and O–H groups in total. The second-order valence-electron chi connectivity index (χ2n) is 3.72. The molecule has 0 radical (unpaired) electrons. The quantitative estimate of drug-likeness (QED) is 0.653. The van der Waals surface area contributed by atoms with E-state index < -0.39 is 7.82 Å². The standard InChI is InChI=1S/C6H13N.C3H9O4P/c7-6-4-2-1-3-5-6;1-2-3-7-8(4,5)6/h6H,1-5,7H2;2-3H2,1H3,(H2,4,5,6). The molecule has 0 aromatic rings. The summed E-state index contributed by atoms with van der Waals surface area (Å²) in [6.07, 6.45) is 7.28. The van der Waals surface area contributed by atoms with Gasteiger partial charge in [0.2, 0.25) is 0 Å². The number of nitrogens with two attached hydrogens (primary N) is 1. The van der Waals surface area contributed by atoms with Crippen LogP contribution in [0.2, 0.25) is 0 Å². The fraction of sp³-hybridized carbons (Fsp3) is 1.00. The molecule has 1 rings (SSSR count). The molecule has 6 heteroatoms. The Bertz CT molecular complexity index is 189. The van der Waals surface area contributed by atoms with Crippen molar-refractivity contribution >= 4 is 7.82 Å². The van der Waals surface area contributed by atoms with Gasteiger partial charge in [0, 0.05) is 6.04 Å². The lowest BCUT2D eigenvalue weighted by Crippen LogP contribution is -2.22. The van der Waals surface area contributed by atoms with Gasteiger partial charge in [0.1, 0.15) is 0 Å². The average Bonchev–Trinajstić information content (AvgIpc) is 2.16. The van der Waals surface area contributed by atoms with Gasteiger partial charge in [-0.1, -0.05) is 26.2 Å². The van der Waals surface area contributed by atoms with E-state index in [9.17, 15) is 4.57 Å². The first-order valence-electron chi connectivity index (χ1n) is 5.41. The van der Waals surface area contributed by atoms with Gasteiger partial charge < -0.3 is 15.5 Å². The molecular weight excluding hydrogens is 217 g/mol. The van der Waals surface area contributed by atoms with Crippen LogP contribution >= 0.6 is 7.82 Å². The highest BCUT2D eigenvalue weighted by Crippen LogP contribution is 2.35. The Morgan fingerprint density at radius 1 is 1.33 bits per heavy atom. The molecule has 92 valence electrons. The third-order valence-electron chi connectivity index (χ3n) is 2.11. The van der Waals surface area contributed by atoms with Crippen molar-refractivity contribution in [1.82, 2.24) is 0 Å². The van der Waals surface area contributed by atoms with Gasteiger partial charge in [-0.15, -0.1) is 0 Å². The molecule has 0 aliphatic heterocycles. The van der Waals surface area contributed by atoms with Crippen LogP contribution < -0.4 is 5.73 Å². The van der Waals surface area contributed by atoms with E-state index in [2.05, 4.69) is 4.52 Å². The normalized spacial score (nSPS) is 18.1. The third kappa shape index (κ3) is 12.0. The fourth-order valence-electron chi connectivity index (χ4n) is 1.34. The molecule has 1 saturated carbocycles. The molecule has 0 spiro atoms. The van der Waals surface area contributed by atoms with Gasteiger partial charge in [0.15, 0.2) is 0 Å². The average molecular weight is 239 g/mol. The zero-order chi connectivity index (χ0) is 11.7. The highest BCUT2D eigenvalue weighted by atomic mass is 31.2. The highest BCUT2D eigenvalue weighted by molar-refractivity contribution is 7.46. The molecule has 1 aliphatic carbocycles. The first-order valence-corrected chi connectivity index (χ1v) is 6.94. The van der Waals surface area contributed by atoms with E-state index in [0.29, 0.717) is 12.5 Å². The summed E-state index contributed by atoms with van der Waals surface area (Å²) in [5, 5.41) is 0. The first kappa shape index (κ1) is 15.1. The molecule has 0 atom stereocenters. The molecule has 0 heterocycles. The Hall–Kier alpha value is 0.0700. The van der Waals surface area contributed by atoms with Crippen molar-refractivity contribution < 1.29 is 18.9 Å². The Labute approximate surface area is 91.3 Å². The zero-order valence-electron chi connectivity index (χ0n) is 9.26. The van der Waals surface area contributed by atoms with Crippen LogP contribution in [0, 0.1) is 0 Å². The van der Waals surface area contributed by atoms with E-state index in [1.54, 1.807) is 6.92 Å². The van der Waals surface area contributed by atoms with Crippen LogP contribution in [0.3, 0.4) is 0 Å². The lowest BCUT2D eigenvalue weighted by molar-refractivity contribution is 0.197. The van der Waals surface area contributed by atoms with Crippen LogP contribution in [0.1, 0.15) is 45.4 Å². The van der Waals surface area contributed by atoms with Gasteiger partial charge in [-0.25, -0.2) is 4.57 Å². The fourth-order valence-corrected chi connectivity index (χ4v) is 1.76. The number of phosphoric ester groups is 1. The smallest absolute Gasteiger partial charge is 0.328 e. The van der Waals surface area contributed by atoms with Crippen LogP contribution in [0.25, 0.3) is 0 Å². The minimum absolute atomic E-state index is 0.115. The summed E-state index contributed by atoms with van der Waals surface area (Å²) in [4.78, 5) is 16.1. The Morgan fingerprint density at radius 3 is 2.07 bits per heavy atom. The lowest BCUT2D eigenvalue weighted by Gasteiger charge is -2.15. The summed E-state index contributed by atoms with van der Waals surface area (Å²) in [6, 6.07) is 0.536. The summed E-state index contributed by atoms with van der Waals surface area (Å²) in [5.74, 6) is 0. The minimum Gasteiger partial charge on any atom is -0.328 e. The van der Waals surface area contributed by atoms with Gasteiger partial charge >= 0.3 is 7.82 Å². The minimum atomic E-state index is -4.18. The van der Waals surface area contributed by atoms with E-state index in [1.165, 1.54) is 32.1 Å². The molecule has 1 fully saturated rings. The molecule has 1 aliphatic rings. The molecule has 15 heavy (non-hydrogen) atoms. The van der Waals surface area contributed by atoms with E-state index >= 15 is 0 Å². The van der Waals surface area contributed by atoms with Crippen LogP contribution in [-0.4, -0.2) is 22.4 Å². The Kier molecular flexibility index (Phi) is 8.29. The highest BCUT2D eigenvalue weighted by Gasteiger charge is 2.11. The van der Waals surface area contributed by atoms with Gasteiger partial charge in [0.25, 0.3) is 0 Å². The third-order valence-corrected chi connectivity index (χ3v) is 2.63. The van der Waals surface area contributed by atoms with Crippen molar-refractivity contribution in [2.24, 2.45) is 5.73 Å². The number of phosphoric acid groups is 1. The van der Waals surface area contributed by atoms with Gasteiger partial charge in [-0.2, -0.15) is 0 Å². The van der Waals surface area contributed by atoms with E-state index in [-0.39, 0.29) is 6.61 Å². The lowest BCUT2D eigenvalue weighted by atomic mass is 9.97. The van der Waals surface area contributed by atoms with Crippen molar-refractivity contribution in [2.45, 2.75) is 51.5 Å². The summed E-state index contributed by atoms with van der Waals surface area (Å²) >= 11 is 0. The van der Waals surface area contributed by atoms with Gasteiger partial charge in [-0.05, 0) is 19.3 Å². The van der Waals surface area contributed by atoms with Crippen LogP contribution in [-0.2, 0) is 9.09 Å². The molecule has 0 bridgehead atoms. The van der Waals surface area contributed by atoms with Crippen molar-refractivity contribution in [3.63, 3.8) is 0 Å². The molecule has 5 nitrogen and oxygen atoms in total. The van der Waals surface area contributed by atoms with Crippen LogP contribution in [0.4, 0.5) is 0 Å². The van der Waals surface area contributed by atoms with Gasteiger partial charge in [0.05, 0.1) is 6.61 Å². The SMILES string of the molecule is CCCOP(=O)(O)O.NC1CCCCC1. The molecular formula is C9H22NO4P. The maximum atomic E-state index is 9.86. The molecule has 0 aromatic carbocycles. The Balaban J connectivity index is 0.000000262. The maximum absolute atomic E-state index is 9.86. The monoisotopic (exact) mass is 239 g/mol. The molecule has 0 saturated heterocycles. The largest absolute Gasteiger partial charge is 0.469 e. The van der Waals surface area contributed by atoms with Crippen molar-refractivity contribution in [2.75, 3.05) is 6.61 Å². The van der Waals surface area contributed by atoms with Crippen LogP contribution in [0.15, 0.2) is 0 Å². The predicted octanol–water partition coefficient (Wildman–Crippen LogP) is 1.78. The van der Waals surface area contributed by atoms with E-state index in [4.69, 9.17) is 15.5 Å². The summed E-state index contributed by atoms with van der Waals surface area (Å²) < 4.78 is 13.9. The van der Waals surface area contributed by atoms with Crippen molar-refractivity contribution in [3.8, 4) is 0 Å². The predicted molar refractivity (Wildman–Crippen MR) is 59.3 cm³/mol.